The quantitative estimate of drug-likeness (QED) is 0.242. The minimum Gasteiger partial charge on any atom is -0.508 e. The highest BCUT2D eigenvalue weighted by molar-refractivity contribution is 6.24. The van der Waals surface area contributed by atoms with Gasteiger partial charge in [0.2, 0.25) is 5.78 Å². The first-order valence-electron chi connectivity index (χ1n) is 10.6. The standard InChI is InChI=1S/C24H24N2O8/c1-26(2)18-13-9-11-8-12-10(4-3-7-27)5-6-14(28)16(12)19(29)15(11)21(31)24(13,34)22(32)17(20(18)30)23(25)33/h5-6,11,13,18,27-29,32,34H,7-9H2,1-2H3,(H2,25,33)/t11-,13-,18-,24-/m1/s1. The molecule has 178 valence electrons. The zero-order chi connectivity index (χ0) is 25.1. The second kappa shape index (κ2) is 7.99. The Hall–Kier alpha value is -3.65. The molecule has 1 saturated carbocycles. The van der Waals surface area contributed by atoms with Crippen molar-refractivity contribution in [1.29, 1.82) is 0 Å². The third kappa shape index (κ3) is 3.05. The third-order valence-corrected chi connectivity index (χ3v) is 6.91. The maximum atomic E-state index is 13.7. The van der Waals surface area contributed by atoms with Gasteiger partial charge in [-0.1, -0.05) is 11.8 Å². The van der Waals surface area contributed by atoms with Crippen LogP contribution in [0.4, 0.5) is 0 Å². The van der Waals surface area contributed by atoms with Crippen LogP contribution in [0.15, 0.2) is 29.0 Å². The van der Waals surface area contributed by atoms with E-state index in [4.69, 9.17) is 10.8 Å². The number of aliphatic hydroxyl groups excluding tert-OH is 3. The summed E-state index contributed by atoms with van der Waals surface area (Å²) in [5, 5.41) is 52.9. The van der Waals surface area contributed by atoms with Crippen LogP contribution >= 0.6 is 0 Å². The highest BCUT2D eigenvalue weighted by Gasteiger charge is 2.64. The number of carbonyl (C=O) groups excluding carboxylic acids is 3. The van der Waals surface area contributed by atoms with Gasteiger partial charge < -0.3 is 31.3 Å². The Morgan fingerprint density at radius 2 is 1.91 bits per heavy atom. The van der Waals surface area contributed by atoms with E-state index in [1.165, 1.54) is 31.1 Å². The molecule has 10 nitrogen and oxygen atoms in total. The van der Waals surface area contributed by atoms with Crippen LogP contribution in [0, 0.1) is 23.7 Å². The number of likely N-dealkylation sites (N-methyl/N-ethyl adjacent to an activating group) is 1. The van der Waals surface area contributed by atoms with Crippen LogP contribution < -0.4 is 5.73 Å². The lowest BCUT2D eigenvalue weighted by Crippen LogP contribution is -2.65. The molecule has 0 heterocycles. The molecule has 1 amide bonds. The number of phenols is 1. The number of hydrogen-bond donors (Lipinski definition) is 6. The smallest absolute Gasteiger partial charge is 0.255 e. The number of ketones is 2. The summed E-state index contributed by atoms with van der Waals surface area (Å²) in [6, 6.07) is 1.66. The maximum Gasteiger partial charge on any atom is 0.255 e. The van der Waals surface area contributed by atoms with E-state index in [9.17, 15) is 34.8 Å². The molecular weight excluding hydrogens is 444 g/mol. The van der Waals surface area contributed by atoms with Gasteiger partial charge >= 0.3 is 0 Å². The minimum absolute atomic E-state index is 0.00567. The van der Waals surface area contributed by atoms with Crippen LogP contribution in [0.2, 0.25) is 0 Å². The Bertz CT molecular complexity index is 1270. The molecule has 4 rings (SSSR count). The van der Waals surface area contributed by atoms with Gasteiger partial charge in [-0.15, -0.1) is 0 Å². The number of Topliss-reactive ketones (excluding diaryl/α,β-unsaturated/α-hetero) is 2. The summed E-state index contributed by atoms with van der Waals surface area (Å²) in [6.45, 7) is -0.403. The molecule has 0 aliphatic heterocycles. The van der Waals surface area contributed by atoms with Crippen LogP contribution in [0.5, 0.6) is 5.75 Å². The molecule has 0 saturated heterocycles. The average molecular weight is 468 g/mol. The molecule has 0 unspecified atom stereocenters. The van der Waals surface area contributed by atoms with Gasteiger partial charge in [0, 0.05) is 17.1 Å². The number of carbonyl (C=O) groups is 3. The van der Waals surface area contributed by atoms with Gasteiger partial charge in [-0.05, 0) is 50.6 Å². The Balaban J connectivity index is 1.98. The number of benzene rings is 1. The number of fused-ring (bicyclic) bond motifs is 3. The zero-order valence-electron chi connectivity index (χ0n) is 18.5. The summed E-state index contributed by atoms with van der Waals surface area (Å²) in [7, 11) is 3.07. The van der Waals surface area contributed by atoms with Crippen molar-refractivity contribution in [2.45, 2.75) is 24.5 Å². The van der Waals surface area contributed by atoms with Gasteiger partial charge in [0.05, 0.1) is 11.6 Å². The highest BCUT2D eigenvalue weighted by atomic mass is 16.3. The lowest BCUT2D eigenvalue weighted by molar-refractivity contribution is -0.153. The van der Waals surface area contributed by atoms with Gasteiger partial charge in [0.25, 0.3) is 5.91 Å². The largest absolute Gasteiger partial charge is 0.508 e. The van der Waals surface area contributed by atoms with E-state index in [0.29, 0.717) is 11.1 Å². The van der Waals surface area contributed by atoms with Crippen molar-refractivity contribution >= 4 is 23.2 Å². The fraction of sp³-hybridized carbons (Fsp3) is 0.375. The number of hydrogen-bond acceptors (Lipinski definition) is 9. The lowest BCUT2D eigenvalue weighted by atomic mass is 9.57. The number of aromatic hydroxyl groups is 1. The molecule has 0 aromatic heterocycles. The minimum atomic E-state index is -2.67. The van der Waals surface area contributed by atoms with Crippen molar-refractivity contribution < 1.29 is 39.9 Å². The zero-order valence-corrected chi connectivity index (χ0v) is 18.5. The molecule has 1 aromatic rings. The van der Waals surface area contributed by atoms with E-state index in [0.717, 1.165) is 0 Å². The highest BCUT2D eigenvalue weighted by Crippen LogP contribution is 2.52. The van der Waals surface area contributed by atoms with E-state index in [1.54, 1.807) is 0 Å². The van der Waals surface area contributed by atoms with Gasteiger partial charge in [-0.3, -0.25) is 19.3 Å². The number of aliphatic hydroxyl groups is 4. The Kier molecular flexibility index (Phi) is 5.52. The monoisotopic (exact) mass is 468 g/mol. The summed E-state index contributed by atoms with van der Waals surface area (Å²) in [5.74, 6) is -1.74. The molecule has 3 aliphatic rings. The molecule has 3 aliphatic carbocycles. The first-order valence-corrected chi connectivity index (χ1v) is 10.6. The van der Waals surface area contributed by atoms with E-state index < -0.39 is 64.7 Å². The Morgan fingerprint density at radius 1 is 1.24 bits per heavy atom. The fourth-order valence-corrected chi connectivity index (χ4v) is 5.50. The third-order valence-electron chi connectivity index (χ3n) is 6.91. The van der Waals surface area contributed by atoms with E-state index in [-0.39, 0.29) is 29.7 Å². The van der Waals surface area contributed by atoms with Crippen LogP contribution in [0.1, 0.15) is 23.1 Å². The molecule has 1 fully saturated rings. The van der Waals surface area contributed by atoms with E-state index >= 15 is 0 Å². The number of phenolic OH excluding ortho intramolecular Hbond substituents is 1. The van der Waals surface area contributed by atoms with Crippen molar-refractivity contribution in [2.24, 2.45) is 17.6 Å². The van der Waals surface area contributed by atoms with Crippen molar-refractivity contribution in [2.75, 3.05) is 20.7 Å². The van der Waals surface area contributed by atoms with Gasteiger partial charge in [0.1, 0.15) is 29.4 Å². The summed E-state index contributed by atoms with van der Waals surface area (Å²) in [6.07, 6.45) is 0.132. The van der Waals surface area contributed by atoms with E-state index in [1.807, 2.05) is 0 Å². The second-order valence-corrected chi connectivity index (χ2v) is 8.91. The summed E-state index contributed by atoms with van der Waals surface area (Å²) in [5.41, 5.74) is 2.38. The van der Waals surface area contributed by atoms with Gasteiger partial charge in [0.15, 0.2) is 11.4 Å². The van der Waals surface area contributed by atoms with Gasteiger partial charge in [-0.25, -0.2) is 0 Å². The number of amides is 1. The normalized spacial score (nSPS) is 28.2. The average Bonchev–Trinajstić information content (AvgIpc) is 2.75. The van der Waals surface area contributed by atoms with Crippen molar-refractivity contribution in [1.82, 2.24) is 4.90 Å². The Labute approximate surface area is 194 Å². The summed E-state index contributed by atoms with van der Waals surface area (Å²) in [4.78, 5) is 40.1. The maximum absolute atomic E-state index is 13.7. The van der Waals surface area contributed by atoms with Crippen LogP contribution in [0.3, 0.4) is 0 Å². The first kappa shape index (κ1) is 23.5. The molecule has 1 aromatic carbocycles. The first-order chi connectivity index (χ1) is 16.0. The van der Waals surface area contributed by atoms with E-state index in [2.05, 4.69) is 11.8 Å². The lowest BCUT2D eigenvalue weighted by Gasteiger charge is -2.50. The number of nitrogens with zero attached hydrogens (tertiary/aromatic N) is 1. The number of rotatable bonds is 2. The second-order valence-electron chi connectivity index (χ2n) is 8.91. The number of primary amides is 1. The molecule has 10 heteroatoms. The predicted molar refractivity (Wildman–Crippen MR) is 118 cm³/mol. The van der Waals surface area contributed by atoms with Crippen molar-refractivity contribution in [3.63, 3.8) is 0 Å². The molecule has 34 heavy (non-hydrogen) atoms. The molecule has 0 radical (unpaired) electrons. The molecule has 4 atom stereocenters. The Morgan fingerprint density at radius 3 is 2.50 bits per heavy atom. The predicted octanol–water partition coefficient (Wildman–Crippen LogP) is -0.692. The van der Waals surface area contributed by atoms with Gasteiger partial charge in [-0.2, -0.15) is 0 Å². The molecule has 0 spiro atoms. The van der Waals surface area contributed by atoms with Crippen LogP contribution in [-0.4, -0.2) is 80.3 Å². The SMILES string of the molecule is CN(C)[C@H]1C(=O)C(C(N)=O)=C(O)[C@]2(O)C(=O)C3=C(O)c4c(O)ccc(C#CCO)c4C[C@@H]3C[C@H]12. The van der Waals surface area contributed by atoms with Crippen LogP contribution in [-0.2, 0) is 20.8 Å². The summed E-state index contributed by atoms with van der Waals surface area (Å²) >= 11 is 0. The number of nitrogens with two attached hydrogens (primary N) is 1. The molecule has 7 N–H and O–H groups in total. The molecule has 0 bridgehead atoms. The topological polar surface area (TPSA) is 182 Å². The fourth-order valence-electron chi connectivity index (χ4n) is 5.50. The molecular formula is C24H24N2O8. The van der Waals surface area contributed by atoms with Crippen molar-refractivity contribution in [3.8, 4) is 17.6 Å². The van der Waals surface area contributed by atoms with Crippen molar-refractivity contribution in [3.05, 3.63) is 45.7 Å². The summed E-state index contributed by atoms with van der Waals surface area (Å²) < 4.78 is 0. The van der Waals surface area contributed by atoms with Crippen LogP contribution in [0.25, 0.3) is 5.76 Å².